The zero-order valence-corrected chi connectivity index (χ0v) is 52.6. The second kappa shape index (κ2) is 30.4. The van der Waals surface area contributed by atoms with Crippen molar-refractivity contribution < 1.29 is 52.6 Å². The van der Waals surface area contributed by atoms with Crippen LogP contribution in [0.3, 0.4) is 0 Å². The Labute approximate surface area is 533 Å². The molecule has 3 aliphatic carbocycles. The number of nitrogens with zero attached hydrogens (tertiary/aromatic N) is 2. The minimum atomic E-state index is -0.763. The second-order valence-corrected chi connectivity index (χ2v) is 26.3. The lowest BCUT2D eigenvalue weighted by molar-refractivity contribution is -0.142. The Hall–Kier alpha value is -8.67. The molecular weight excluding hydrogens is 1150 g/mol. The highest BCUT2D eigenvalue weighted by Gasteiger charge is 2.50. The average molecular weight is 1240 g/mol. The van der Waals surface area contributed by atoms with Crippen LogP contribution in [0.25, 0.3) is 0 Å². The Morgan fingerprint density at radius 1 is 0.418 bits per heavy atom. The van der Waals surface area contributed by atoms with Crippen LogP contribution in [-0.2, 0) is 33.4 Å². The van der Waals surface area contributed by atoms with Crippen molar-refractivity contribution in [1.82, 2.24) is 36.4 Å². The van der Waals surface area contributed by atoms with E-state index >= 15 is 0 Å². The molecule has 5 aliphatic rings. The van der Waals surface area contributed by atoms with Gasteiger partial charge in [0.15, 0.2) is 0 Å². The molecule has 5 aromatic rings. The molecule has 0 unspecified atom stereocenters. The van der Waals surface area contributed by atoms with Crippen LogP contribution >= 0.6 is 0 Å². The Kier molecular flexibility index (Phi) is 21.8. The number of carbonyl (C=O) groups excluding carboxylic acids is 9. The van der Waals surface area contributed by atoms with Crippen molar-refractivity contribution in [2.45, 2.75) is 146 Å². The van der Waals surface area contributed by atoms with Gasteiger partial charge in [-0.1, -0.05) is 142 Å². The van der Waals surface area contributed by atoms with E-state index in [0.29, 0.717) is 28.8 Å². The third-order valence-electron chi connectivity index (χ3n) is 18.3. The van der Waals surface area contributed by atoms with Gasteiger partial charge in [0.2, 0.25) is 23.6 Å². The highest BCUT2D eigenvalue weighted by molar-refractivity contribution is 6.01. The number of amides is 7. The van der Waals surface area contributed by atoms with Gasteiger partial charge in [-0.05, 0) is 118 Å². The van der Waals surface area contributed by atoms with Crippen molar-refractivity contribution in [2.75, 3.05) is 45.9 Å². The van der Waals surface area contributed by atoms with Gasteiger partial charge in [-0.2, -0.15) is 0 Å². The van der Waals surface area contributed by atoms with Gasteiger partial charge < -0.3 is 45.9 Å². The summed E-state index contributed by atoms with van der Waals surface area (Å²) in [6, 6.07) is 42.3. The number of carbonyl (C=O) groups is 9. The van der Waals surface area contributed by atoms with Crippen LogP contribution in [0.5, 0.6) is 0 Å². The maximum absolute atomic E-state index is 14.3. The summed E-state index contributed by atoms with van der Waals surface area (Å²) >= 11 is 0. The van der Waals surface area contributed by atoms with E-state index < -0.39 is 47.1 Å². The molecule has 5 N–H and O–H groups in total. The predicted molar refractivity (Wildman–Crippen MR) is 343 cm³/mol. The molecule has 0 aromatic heterocycles. The number of unbranched alkanes of at least 4 members (excludes halogenated alkanes) is 9. The first-order valence-corrected chi connectivity index (χ1v) is 32.8. The highest BCUT2D eigenvalue weighted by atomic mass is 16.6. The summed E-state index contributed by atoms with van der Waals surface area (Å²) in [5.41, 5.74) is 4.05. The van der Waals surface area contributed by atoms with Gasteiger partial charge in [0.05, 0.1) is 35.8 Å². The average Bonchev–Trinajstić information content (AvgIpc) is 1.67. The fourth-order valence-corrected chi connectivity index (χ4v) is 12.8. The molecule has 91 heavy (non-hydrogen) atoms. The van der Waals surface area contributed by atoms with Crippen LogP contribution in [0.1, 0.15) is 180 Å². The standard InChI is InChI=1S/C73H87N7O11/c1-73(2,3)91-72(89)53-35-29-50(30-36-53)65(82)75-42-64(81)90-38-22-11-9-7-5-4-6-8-10-21-37-74-66(83)57-43-79(44-58(57)67(84)76-61-39-54(61)47-23-15-12-16-24-47)70(87)51-31-33-52(34-32-51)71(88)80-45-59(68(85)77-62-40-55(62)48-25-17-13-18-26-48)60(46-80)69(86)78-63-41-56(63)49-27-19-14-20-28-49/h12-20,23-36,54-63H,4-11,21-22,37-46H2,1-3H3,(H,74,83)(H,75,82)(H,76,84)(H,77,85)(H,78,86)/t54-,55-,56-,57-,58-,59-,60-,61+,62+,63+/m1/s1. The monoisotopic (exact) mass is 1240 g/mol. The zero-order chi connectivity index (χ0) is 64.0. The SMILES string of the molecule is CC(C)(C)OC(=O)c1ccc(C(=O)NCC(=O)OCCCCCCCCCCCCNC(=O)[C@@H]2CN(C(=O)c3ccc(C(=O)N4C[C@@H](C(=O)N[C@H]5C[C@@H]5c5ccccc5)[C@H](C(=O)N[C@H]5C[C@@H]5c5ccccc5)C4)cc3)C[C@H]2C(=O)N[C@H]2C[C@@H]2c2ccccc2)cc1. The number of hydrogen-bond donors (Lipinski definition) is 5. The van der Waals surface area contributed by atoms with Gasteiger partial charge in [0, 0.05) is 85.3 Å². The molecule has 2 saturated heterocycles. The van der Waals surface area contributed by atoms with E-state index in [1.807, 2.05) is 66.7 Å². The topological polar surface area (TPSA) is 239 Å². The molecule has 10 atom stereocenters. The van der Waals surface area contributed by atoms with E-state index in [1.165, 1.54) is 24.3 Å². The van der Waals surface area contributed by atoms with Crippen LogP contribution in [0.2, 0.25) is 0 Å². The summed E-state index contributed by atoms with van der Waals surface area (Å²) in [5.74, 6) is -5.63. The molecule has 5 fully saturated rings. The summed E-state index contributed by atoms with van der Waals surface area (Å²) in [6.45, 7) is 6.05. The van der Waals surface area contributed by atoms with E-state index in [4.69, 9.17) is 9.47 Å². The zero-order valence-electron chi connectivity index (χ0n) is 52.6. The third kappa shape index (κ3) is 18.1. The Bertz CT molecular complexity index is 3280. The summed E-state index contributed by atoms with van der Waals surface area (Å²) in [5, 5.41) is 15.2. The van der Waals surface area contributed by atoms with E-state index in [9.17, 15) is 43.2 Å². The van der Waals surface area contributed by atoms with Crippen molar-refractivity contribution in [2.24, 2.45) is 23.7 Å². The Balaban J connectivity index is 0.649. The third-order valence-corrected chi connectivity index (χ3v) is 18.3. The predicted octanol–water partition coefficient (Wildman–Crippen LogP) is 9.03. The minimum Gasteiger partial charge on any atom is -0.464 e. The van der Waals surface area contributed by atoms with Crippen LogP contribution in [0, 0.1) is 23.7 Å². The first-order chi connectivity index (χ1) is 44.0. The van der Waals surface area contributed by atoms with Crippen molar-refractivity contribution >= 4 is 53.3 Å². The molecule has 0 radical (unpaired) electrons. The minimum absolute atomic E-state index is 0.0514. The lowest BCUT2D eigenvalue weighted by Gasteiger charge is -2.19. The van der Waals surface area contributed by atoms with Gasteiger partial charge in [-0.15, -0.1) is 0 Å². The molecule has 7 amide bonds. The molecule has 10 rings (SSSR count). The van der Waals surface area contributed by atoms with Gasteiger partial charge >= 0.3 is 11.9 Å². The summed E-state index contributed by atoms with van der Waals surface area (Å²) in [6.07, 6.45) is 12.1. The van der Waals surface area contributed by atoms with E-state index in [2.05, 4.69) is 50.8 Å². The van der Waals surface area contributed by atoms with Gasteiger partial charge in [-0.3, -0.25) is 38.4 Å². The number of hydrogen-bond acceptors (Lipinski definition) is 11. The molecule has 3 saturated carbocycles. The molecule has 0 spiro atoms. The molecule has 480 valence electrons. The highest BCUT2D eigenvalue weighted by Crippen LogP contribution is 2.44. The largest absolute Gasteiger partial charge is 0.464 e. The van der Waals surface area contributed by atoms with Crippen molar-refractivity contribution in [3.8, 4) is 0 Å². The van der Waals surface area contributed by atoms with Crippen LogP contribution in [-0.4, -0.2) is 133 Å². The number of rotatable bonds is 29. The van der Waals surface area contributed by atoms with Crippen molar-refractivity contribution in [3.63, 3.8) is 0 Å². The van der Waals surface area contributed by atoms with Gasteiger partial charge in [0.1, 0.15) is 12.1 Å². The quantitative estimate of drug-likeness (QED) is 0.0224. The number of likely N-dealkylation sites (tertiary alicyclic amines) is 2. The molecule has 5 aromatic carbocycles. The number of nitrogens with one attached hydrogen (secondary N) is 5. The first kappa shape index (κ1) is 65.3. The lowest BCUT2D eigenvalue weighted by atomic mass is 9.94. The normalized spacial score (nSPS) is 22.8. The van der Waals surface area contributed by atoms with Crippen LogP contribution in [0.15, 0.2) is 140 Å². The Morgan fingerprint density at radius 3 is 1.16 bits per heavy atom. The summed E-state index contributed by atoms with van der Waals surface area (Å²) in [7, 11) is 0. The Morgan fingerprint density at radius 2 is 0.769 bits per heavy atom. The molecule has 0 bridgehead atoms. The lowest BCUT2D eigenvalue weighted by Crippen LogP contribution is -2.43. The molecule has 18 nitrogen and oxygen atoms in total. The molecule has 2 aliphatic heterocycles. The summed E-state index contributed by atoms with van der Waals surface area (Å²) < 4.78 is 10.7. The maximum atomic E-state index is 14.3. The van der Waals surface area contributed by atoms with Crippen molar-refractivity contribution in [1.29, 1.82) is 0 Å². The molecule has 2 heterocycles. The number of ether oxygens (including phenoxy) is 2. The first-order valence-electron chi connectivity index (χ1n) is 32.8. The van der Waals surface area contributed by atoms with E-state index in [-0.39, 0.29) is 111 Å². The smallest absolute Gasteiger partial charge is 0.338 e. The maximum Gasteiger partial charge on any atom is 0.338 e. The molecule has 18 heteroatoms. The number of esters is 2. The van der Waals surface area contributed by atoms with Gasteiger partial charge in [0.25, 0.3) is 17.7 Å². The van der Waals surface area contributed by atoms with E-state index in [0.717, 1.165) is 100 Å². The second-order valence-electron chi connectivity index (χ2n) is 26.3. The fraction of sp³-hybridized carbons (Fsp3) is 0.466. The summed E-state index contributed by atoms with van der Waals surface area (Å²) in [4.78, 5) is 125. The van der Waals surface area contributed by atoms with E-state index in [1.54, 1.807) is 54.8 Å². The van der Waals surface area contributed by atoms with Crippen LogP contribution in [0.4, 0.5) is 0 Å². The van der Waals surface area contributed by atoms with Crippen molar-refractivity contribution in [3.05, 3.63) is 178 Å². The van der Waals surface area contributed by atoms with Gasteiger partial charge in [-0.25, -0.2) is 4.79 Å². The fourth-order valence-electron chi connectivity index (χ4n) is 12.8. The van der Waals surface area contributed by atoms with Crippen LogP contribution < -0.4 is 26.6 Å². The molecular formula is C73H87N7O11. The number of benzene rings is 5.